The summed E-state index contributed by atoms with van der Waals surface area (Å²) < 4.78 is 11.7. The minimum Gasteiger partial charge on any atom is -0.496 e. The van der Waals surface area contributed by atoms with Gasteiger partial charge in [-0.3, -0.25) is 0 Å². The third-order valence-corrected chi connectivity index (χ3v) is 4.83. The molecule has 0 saturated carbocycles. The summed E-state index contributed by atoms with van der Waals surface area (Å²) in [5.74, 6) is 0.847. The van der Waals surface area contributed by atoms with E-state index in [4.69, 9.17) is 15.2 Å². The standard InChI is InChI=1S/C14H20BrNO2/c1-13(2,7-16)14(8-18-9-14)10-4-5-12(17-3)11(15)6-10/h4-6H,7-9,16H2,1-3H3. The summed E-state index contributed by atoms with van der Waals surface area (Å²) in [4.78, 5) is 0. The molecule has 3 nitrogen and oxygen atoms in total. The van der Waals surface area contributed by atoms with Crippen molar-refractivity contribution in [2.45, 2.75) is 19.3 Å². The highest BCUT2D eigenvalue weighted by Gasteiger charge is 2.51. The first-order chi connectivity index (χ1) is 8.47. The highest BCUT2D eigenvalue weighted by atomic mass is 79.9. The van der Waals surface area contributed by atoms with E-state index < -0.39 is 0 Å². The summed E-state index contributed by atoms with van der Waals surface area (Å²) in [6.45, 7) is 6.51. The molecule has 1 fully saturated rings. The van der Waals surface area contributed by atoms with Crippen LogP contribution >= 0.6 is 15.9 Å². The highest BCUT2D eigenvalue weighted by Crippen LogP contribution is 2.47. The maximum atomic E-state index is 5.94. The zero-order valence-corrected chi connectivity index (χ0v) is 12.7. The summed E-state index contributed by atoms with van der Waals surface area (Å²) in [5.41, 5.74) is 7.23. The van der Waals surface area contributed by atoms with E-state index in [9.17, 15) is 0 Å². The highest BCUT2D eigenvalue weighted by molar-refractivity contribution is 9.10. The molecule has 2 rings (SSSR count). The lowest BCUT2D eigenvalue weighted by atomic mass is 9.60. The molecular weight excluding hydrogens is 294 g/mol. The monoisotopic (exact) mass is 313 g/mol. The van der Waals surface area contributed by atoms with Gasteiger partial charge in [-0.05, 0) is 45.6 Å². The van der Waals surface area contributed by atoms with Crippen LogP contribution in [0.5, 0.6) is 5.75 Å². The van der Waals surface area contributed by atoms with E-state index in [1.807, 2.05) is 6.07 Å². The van der Waals surface area contributed by atoms with E-state index >= 15 is 0 Å². The van der Waals surface area contributed by atoms with E-state index in [0.29, 0.717) is 6.54 Å². The molecule has 0 spiro atoms. The Morgan fingerprint density at radius 2 is 2.11 bits per heavy atom. The van der Waals surface area contributed by atoms with Crippen LogP contribution in [0.3, 0.4) is 0 Å². The maximum Gasteiger partial charge on any atom is 0.133 e. The molecule has 1 aliphatic heterocycles. The molecule has 4 heteroatoms. The SMILES string of the molecule is COc1ccc(C2(C(C)(C)CN)COC2)cc1Br. The van der Waals surface area contributed by atoms with Gasteiger partial charge in [0.15, 0.2) is 0 Å². The Bertz CT molecular complexity index is 441. The van der Waals surface area contributed by atoms with Crippen molar-refractivity contribution in [3.05, 3.63) is 28.2 Å². The van der Waals surface area contributed by atoms with E-state index in [1.54, 1.807) is 7.11 Å². The van der Waals surface area contributed by atoms with E-state index in [-0.39, 0.29) is 10.8 Å². The normalized spacial score (nSPS) is 18.3. The summed E-state index contributed by atoms with van der Waals surface area (Å²) >= 11 is 3.54. The third-order valence-electron chi connectivity index (χ3n) is 4.21. The molecule has 1 aromatic carbocycles. The van der Waals surface area contributed by atoms with Crippen molar-refractivity contribution < 1.29 is 9.47 Å². The Balaban J connectivity index is 2.43. The first-order valence-electron chi connectivity index (χ1n) is 6.09. The van der Waals surface area contributed by atoms with Crippen molar-refractivity contribution >= 4 is 15.9 Å². The molecular formula is C14H20BrNO2. The number of hydrogen-bond donors (Lipinski definition) is 1. The van der Waals surface area contributed by atoms with Gasteiger partial charge in [0.2, 0.25) is 0 Å². The van der Waals surface area contributed by atoms with E-state index in [2.05, 4.69) is 41.9 Å². The van der Waals surface area contributed by atoms with Crippen LogP contribution in [0.15, 0.2) is 22.7 Å². The second-order valence-electron chi connectivity index (χ2n) is 5.51. The zero-order valence-electron chi connectivity index (χ0n) is 11.1. The van der Waals surface area contributed by atoms with Gasteiger partial charge in [0.05, 0.1) is 24.8 Å². The van der Waals surface area contributed by atoms with Gasteiger partial charge in [-0.1, -0.05) is 19.9 Å². The van der Waals surface area contributed by atoms with E-state index in [0.717, 1.165) is 23.4 Å². The lowest BCUT2D eigenvalue weighted by molar-refractivity contribution is -0.116. The Hall–Kier alpha value is -0.580. The summed E-state index contributed by atoms with van der Waals surface area (Å²) in [6, 6.07) is 6.23. The molecule has 2 N–H and O–H groups in total. The fourth-order valence-corrected chi connectivity index (χ4v) is 2.95. The molecule has 18 heavy (non-hydrogen) atoms. The second kappa shape index (κ2) is 4.83. The van der Waals surface area contributed by atoms with Gasteiger partial charge in [0.25, 0.3) is 0 Å². The van der Waals surface area contributed by atoms with Crippen LogP contribution in [0, 0.1) is 5.41 Å². The van der Waals surface area contributed by atoms with Crippen molar-refractivity contribution in [3.63, 3.8) is 0 Å². The quantitative estimate of drug-likeness (QED) is 0.929. The number of methoxy groups -OCH3 is 1. The van der Waals surface area contributed by atoms with Crippen LogP contribution in [-0.4, -0.2) is 26.9 Å². The molecule has 0 atom stereocenters. The molecule has 0 unspecified atom stereocenters. The fraction of sp³-hybridized carbons (Fsp3) is 0.571. The van der Waals surface area contributed by atoms with Gasteiger partial charge in [0, 0.05) is 5.41 Å². The zero-order chi connectivity index (χ0) is 13.4. The first-order valence-corrected chi connectivity index (χ1v) is 6.88. The van der Waals surface area contributed by atoms with Crippen molar-refractivity contribution in [1.29, 1.82) is 0 Å². The molecule has 0 aliphatic carbocycles. The smallest absolute Gasteiger partial charge is 0.133 e. The topological polar surface area (TPSA) is 44.5 Å². The van der Waals surface area contributed by atoms with Gasteiger partial charge in [-0.25, -0.2) is 0 Å². The van der Waals surface area contributed by atoms with Crippen LogP contribution in [0.1, 0.15) is 19.4 Å². The molecule has 0 radical (unpaired) electrons. The lowest BCUT2D eigenvalue weighted by Crippen LogP contribution is -2.59. The van der Waals surface area contributed by atoms with Crippen LogP contribution < -0.4 is 10.5 Å². The van der Waals surface area contributed by atoms with Crippen molar-refractivity contribution in [2.24, 2.45) is 11.1 Å². The van der Waals surface area contributed by atoms with Gasteiger partial charge >= 0.3 is 0 Å². The molecule has 0 aromatic heterocycles. The number of nitrogens with two attached hydrogens (primary N) is 1. The van der Waals surface area contributed by atoms with Gasteiger partial charge in [-0.2, -0.15) is 0 Å². The van der Waals surface area contributed by atoms with Crippen molar-refractivity contribution in [2.75, 3.05) is 26.9 Å². The number of hydrogen-bond acceptors (Lipinski definition) is 3. The summed E-state index contributed by atoms with van der Waals surface area (Å²) in [6.07, 6.45) is 0. The Labute approximate surface area is 117 Å². The lowest BCUT2D eigenvalue weighted by Gasteiger charge is -2.52. The molecule has 0 bridgehead atoms. The minimum absolute atomic E-state index is 0.0105. The summed E-state index contributed by atoms with van der Waals surface area (Å²) in [5, 5.41) is 0. The van der Waals surface area contributed by atoms with Gasteiger partial charge < -0.3 is 15.2 Å². The summed E-state index contributed by atoms with van der Waals surface area (Å²) in [7, 11) is 1.67. The van der Waals surface area contributed by atoms with Crippen molar-refractivity contribution in [3.8, 4) is 5.75 Å². The van der Waals surface area contributed by atoms with Gasteiger partial charge in [0.1, 0.15) is 5.75 Å². The predicted molar refractivity (Wildman–Crippen MR) is 76.0 cm³/mol. The van der Waals surface area contributed by atoms with Crippen LogP contribution in [-0.2, 0) is 10.2 Å². The predicted octanol–water partition coefficient (Wildman–Crippen LogP) is 2.71. The van der Waals surface area contributed by atoms with Crippen molar-refractivity contribution in [1.82, 2.24) is 0 Å². The average molecular weight is 314 g/mol. The maximum absolute atomic E-state index is 5.94. The molecule has 1 heterocycles. The van der Waals surface area contributed by atoms with E-state index in [1.165, 1.54) is 5.56 Å². The molecule has 1 aliphatic rings. The Kier molecular flexibility index (Phi) is 3.72. The molecule has 1 saturated heterocycles. The molecule has 0 amide bonds. The minimum atomic E-state index is 0.0105. The number of ether oxygens (including phenoxy) is 2. The van der Waals surface area contributed by atoms with Crippen LogP contribution in [0.2, 0.25) is 0 Å². The fourth-order valence-electron chi connectivity index (χ4n) is 2.41. The van der Waals surface area contributed by atoms with Gasteiger partial charge in [-0.15, -0.1) is 0 Å². The molecule has 100 valence electrons. The average Bonchev–Trinajstić information content (AvgIpc) is 2.27. The number of halogens is 1. The van der Waals surface area contributed by atoms with Crippen LogP contribution in [0.4, 0.5) is 0 Å². The largest absolute Gasteiger partial charge is 0.496 e. The molecule has 1 aromatic rings. The third kappa shape index (κ3) is 1.96. The number of rotatable bonds is 4. The Morgan fingerprint density at radius 3 is 2.50 bits per heavy atom. The second-order valence-corrected chi connectivity index (χ2v) is 6.37. The van der Waals surface area contributed by atoms with Crippen LogP contribution in [0.25, 0.3) is 0 Å². The number of benzene rings is 1. The first kappa shape index (κ1) is 13.8. The Morgan fingerprint density at radius 1 is 1.44 bits per heavy atom.